The number of amides is 4. The van der Waals surface area contributed by atoms with Gasteiger partial charge in [0.1, 0.15) is 41.4 Å². The summed E-state index contributed by atoms with van der Waals surface area (Å²) in [5.74, 6) is -4.88. The van der Waals surface area contributed by atoms with Crippen molar-refractivity contribution >= 4 is 29.6 Å². The van der Waals surface area contributed by atoms with E-state index in [0.717, 1.165) is 0 Å². The predicted octanol–water partition coefficient (Wildman–Crippen LogP) is -0.859. The Hall–Kier alpha value is -6.46. The molecule has 0 spiro atoms. The van der Waals surface area contributed by atoms with Crippen LogP contribution < -0.4 is 27.0 Å². The van der Waals surface area contributed by atoms with Gasteiger partial charge in [-0.2, -0.15) is 0 Å². The Balaban J connectivity index is 1.51. The maximum absolute atomic E-state index is 13.9. The molecule has 4 rings (SSSR count). The molecule has 0 saturated carbocycles. The molecule has 4 aromatic rings. The molecule has 5 atom stereocenters. The van der Waals surface area contributed by atoms with Gasteiger partial charge in [0.15, 0.2) is 0 Å². The molecular weight excluding hydrogens is 690 g/mol. The van der Waals surface area contributed by atoms with Crippen LogP contribution in [0.25, 0.3) is 0 Å². The van der Waals surface area contributed by atoms with E-state index in [4.69, 9.17) is 5.73 Å². The topological polar surface area (TPSA) is 289 Å². The third kappa shape index (κ3) is 12.1. The standard InChI is InChI=1S/C36H41N7O10/c37-27(13-20-1-7-24(45)8-2-20)32(48)43-31(18-44)35(51)41-29(16-23-17-38-19-39-23)34(50)40-28(14-21-3-9-25(46)10-4-21)33(49)42-30(36(52)53)15-22-5-11-26(47)12-6-22/h1-12,17,19,27-31,44-47H,13-16,18,37H2,(H,38,39)(H,40,50)(H,41,51)(H,42,49)(H,43,48)(H,52,53)/t27-,28-,29-,30-,31-/m0/s1. The van der Waals surface area contributed by atoms with E-state index < -0.39 is 66.4 Å². The lowest BCUT2D eigenvalue weighted by atomic mass is 10.0. The molecule has 280 valence electrons. The minimum atomic E-state index is -1.53. The zero-order valence-electron chi connectivity index (χ0n) is 28.3. The van der Waals surface area contributed by atoms with Crippen molar-refractivity contribution in [3.05, 3.63) is 108 Å². The molecule has 0 saturated heterocycles. The number of nitrogens with two attached hydrogens (primary N) is 1. The van der Waals surface area contributed by atoms with Crippen molar-refractivity contribution in [3.8, 4) is 17.2 Å². The number of aromatic hydroxyl groups is 3. The van der Waals surface area contributed by atoms with Gasteiger partial charge in [0, 0.05) is 25.5 Å². The molecule has 0 radical (unpaired) electrons. The maximum atomic E-state index is 13.9. The van der Waals surface area contributed by atoms with Crippen molar-refractivity contribution in [2.45, 2.75) is 55.9 Å². The highest BCUT2D eigenvalue weighted by atomic mass is 16.4. The van der Waals surface area contributed by atoms with E-state index in [0.29, 0.717) is 22.4 Å². The van der Waals surface area contributed by atoms with E-state index in [1.54, 1.807) is 12.1 Å². The number of hydrogen-bond donors (Lipinski definition) is 11. The summed E-state index contributed by atoms with van der Waals surface area (Å²) in [6.45, 7) is -0.857. The second-order valence-electron chi connectivity index (χ2n) is 12.2. The van der Waals surface area contributed by atoms with E-state index in [1.807, 2.05) is 0 Å². The van der Waals surface area contributed by atoms with E-state index in [2.05, 4.69) is 31.2 Å². The molecule has 3 aromatic carbocycles. The molecule has 4 amide bonds. The van der Waals surface area contributed by atoms with Crippen LogP contribution in [0.15, 0.2) is 85.3 Å². The second-order valence-corrected chi connectivity index (χ2v) is 12.2. The van der Waals surface area contributed by atoms with Crippen LogP contribution in [0.3, 0.4) is 0 Å². The summed E-state index contributed by atoms with van der Waals surface area (Å²) in [6.07, 6.45) is 2.38. The van der Waals surface area contributed by atoms with Gasteiger partial charge in [0.25, 0.3) is 0 Å². The average Bonchev–Trinajstić information content (AvgIpc) is 3.65. The zero-order chi connectivity index (χ0) is 38.5. The SMILES string of the molecule is N[C@@H](Cc1ccc(O)cc1)C(=O)N[C@@H](CO)C(=O)N[C@@H](Cc1c[nH]cn1)C(=O)N[C@@H](Cc1ccc(O)cc1)C(=O)N[C@@H](Cc1ccc(O)cc1)C(=O)O. The Kier molecular flexibility index (Phi) is 13.9. The first-order chi connectivity index (χ1) is 25.3. The first-order valence-electron chi connectivity index (χ1n) is 16.4. The van der Waals surface area contributed by atoms with Crippen LogP contribution in [0.5, 0.6) is 17.2 Å². The first kappa shape index (κ1) is 39.3. The summed E-state index contributed by atoms with van der Waals surface area (Å²) in [4.78, 5) is 72.8. The van der Waals surface area contributed by atoms with Crippen molar-refractivity contribution < 1.29 is 49.5 Å². The van der Waals surface area contributed by atoms with Gasteiger partial charge in [0.05, 0.1) is 24.7 Å². The van der Waals surface area contributed by atoms with Crippen molar-refractivity contribution in [1.29, 1.82) is 0 Å². The van der Waals surface area contributed by atoms with E-state index in [-0.39, 0.29) is 42.9 Å². The maximum Gasteiger partial charge on any atom is 0.326 e. The predicted molar refractivity (Wildman–Crippen MR) is 188 cm³/mol. The average molecular weight is 732 g/mol. The smallest absolute Gasteiger partial charge is 0.326 e. The van der Waals surface area contributed by atoms with Gasteiger partial charge >= 0.3 is 5.97 Å². The summed E-state index contributed by atoms with van der Waals surface area (Å²) in [7, 11) is 0. The molecule has 53 heavy (non-hydrogen) atoms. The molecule has 0 fully saturated rings. The van der Waals surface area contributed by atoms with Crippen molar-refractivity contribution in [1.82, 2.24) is 31.2 Å². The Morgan fingerprint density at radius 3 is 1.42 bits per heavy atom. The van der Waals surface area contributed by atoms with Crippen LogP contribution in [0.1, 0.15) is 22.4 Å². The molecule has 0 aliphatic rings. The number of aromatic amines is 1. The fraction of sp³-hybridized carbons (Fsp3) is 0.278. The number of carbonyl (C=O) groups is 5. The number of aromatic nitrogens is 2. The molecule has 1 heterocycles. The molecule has 12 N–H and O–H groups in total. The highest BCUT2D eigenvalue weighted by Crippen LogP contribution is 2.15. The second kappa shape index (κ2) is 18.7. The van der Waals surface area contributed by atoms with Gasteiger partial charge in [-0.3, -0.25) is 19.2 Å². The quantitative estimate of drug-likeness (QED) is 0.0596. The van der Waals surface area contributed by atoms with Crippen LogP contribution in [-0.4, -0.2) is 102 Å². The van der Waals surface area contributed by atoms with Gasteiger partial charge in [-0.15, -0.1) is 0 Å². The summed E-state index contributed by atoms with van der Waals surface area (Å²) < 4.78 is 0. The van der Waals surface area contributed by atoms with Gasteiger partial charge in [-0.1, -0.05) is 36.4 Å². The summed E-state index contributed by atoms with van der Waals surface area (Å²) in [5.41, 5.74) is 7.99. The zero-order valence-corrected chi connectivity index (χ0v) is 28.3. The third-order valence-corrected chi connectivity index (χ3v) is 8.15. The number of rotatable bonds is 18. The van der Waals surface area contributed by atoms with Crippen LogP contribution in [0.4, 0.5) is 0 Å². The number of phenols is 3. The number of carbonyl (C=O) groups excluding carboxylic acids is 4. The minimum absolute atomic E-state index is 0.0274. The van der Waals surface area contributed by atoms with Crippen LogP contribution >= 0.6 is 0 Å². The number of aliphatic hydroxyl groups excluding tert-OH is 1. The molecule has 1 aromatic heterocycles. The Labute approximate surface area is 303 Å². The first-order valence-corrected chi connectivity index (χ1v) is 16.4. The Bertz CT molecular complexity index is 1840. The number of H-pyrrole nitrogens is 1. The summed E-state index contributed by atoms with van der Waals surface area (Å²) >= 11 is 0. The molecule has 17 nitrogen and oxygen atoms in total. The van der Waals surface area contributed by atoms with Crippen molar-refractivity contribution in [3.63, 3.8) is 0 Å². The normalized spacial score (nSPS) is 13.8. The minimum Gasteiger partial charge on any atom is -0.508 e. The van der Waals surface area contributed by atoms with E-state index in [1.165, 1.54) is 73.2 Å². The lowest BCUT2D eigenvalue weighted by molar-refractivity contribution is -0.142. The van der Waals surface area contributed by atoms with Crippen LogP contribution in [-0.2, 0) is 49.7 Å². The lowest BCUT2D eigenvalue weighted by Crippen LogP contribution is -2.60. The number of imidazole rings is 1. The number of nitrogens with zero attached hydrogens (tertiary/aromatic N) is 1. The third-order valence-electron chi connectivity index (χ3n) is 8.15. The van der Waals surface area contributed by atoms with Crippen molar-refractivity contribution in [2.24, 2.45) is 5.73 Å². The number of aliphatic hydroxyl groups is 1. The molecule has 0 aliphatic heterocycles. The highest BCUT2D eigenvalue weighted by Gasteiger charge is 2.32. The molecule has 0 bridgehead atoms. The monoisotopic (exact) mass is 731 g/mol. The van der Waals surface area contributed by atoms with Crippen molar-refractivity contribution in [2.75, 3.05) is 6.61 Å². The Morgan fingerprint density at radius 1 is 0.585 bits per heavy atom. The molecule has 17 heteroatoms. The van der Waals surface area contributed by atoms with Gasteiger partial charge in [0.2, 0.25) is 23.6 Å². The van der Waals surface area contributed by atoms with Crippen LogP contribution in [0, 0.1) is 0 Å². The van der Waals surface area contributed by atoms with Gasteiger partial charge < -0.3 is 57.5 Å². The fourth-order valence-electron chi connectivity index (χ4n) is 5.23. The lowest BCUT2D eigenvalue weighted by Gasteiger charge is -2.26. The number of phenolic OH excluding ortho intramolecular Hbond substituents is 3. The molecular formula is C36H41N7O10. The van der Waals surface area contributed by atoms with E-state index in [9.17, 15) is 49.5 Å². The molecule has 0 aliphatic carbocycles. The Morgan fingerprint density at radius 2 is 0.981 bits per heavy atom. The fourth-order valence-corrected chi connectivity index (χ4v) is 5.23. The molecule has 0 unspecified atom stereocenters. The largest absolute Gasteiger partial charge is 0.508 e. The number of carboxylic acids is 1. The van der Waals surface area contributed by atoms with Gasteiger partial charge in [-0.05, 0) is 59.5 Å². The number of benzene rings is 3. The number of carboxylic acid groups (broad SMARTS) is 1. The van der Waals surface area contributed by atoms with Gasteiger partial charge in [-0.25, -0.2) is 9.78 Å². The summed E-state index contributed by atoms with van der Waals surface area (Å²) in [6, 6.07) is 10.6. The summed E-state index contributed by atoms with van der Waals surface area (Å²) in [5, 5.41) is 58.6. The van der Waals surface area contributed by atoms with Crippen LogP contribution in [0.2, 0.25) is 0 Å². The highest BCUT2D eigenvalue weighted by molar-refractivity contribution is 5.95. The number of hydrogen-bond acceptors (Lipinski definition) is 11. The number of nitrogens with one attached hydrogen (secondary N) is 5. The van der Waals surface area contributed by atoms with E-state index >= 15 is 0 Å². The number of aliphatic carboxylic acids is 1.